The molecule has 0 aromatic heterocycles. The molecule has 2 heterocycles. The molecule has 0 saturated carbocycles. The van der Waals surface area contributed by atoms with Gasteiger partial charge in [-0.3, -0.25) is 9.59 Å². The lowest BCUT2D eigenvalue weighted by molar-refractivity contribution is -0.142. The zero-order chi connectivity index (χ0) is 18.2. The third kappa shape index (κ3) is 5.43. The molecule has 0 bridgehead atoms. The van der Waals surface area contributed by atoms with E-state index in [9.17, 15) is 9.59 Å². The summed E-state index contributed by atoms with van der Waals surface area (Å²) >= 11 is 0. The number of nitrogens with zero attached hydrogens (tertiary/aromatic N) is 2. The van der Waals surface area contributed by atoms with E-state index in [4.69, 9.17) is 4.74 Å². The van der Waals surface area contributed by atoms with Gasteiger partial charge in [0.05, 0.1) is 12.6 Å². The van der Waals surface area contributed by atoms with Crippen LogP contribution >= 0.6 is 0 Å². The number of ether oxygens (including phenoxy) is 1. The second-order valence-electron chi connectivity index (χ2n) is 7.02. The van der Waals surface area contributed by atoms with E-state index in [1.54, 1.807) is 4.90 Å². The zero-order valence-corrected chi connectivity index (χ0v) is 15.3. The summed E-state index contributed by atoms with van der Waals surface area (Å²) in [7, 11) is 0. The summed E-state index contributed by atoms with van der Waals surface area (Å²) in [6.07, 6.45) is 8.68. The van der Waals surface area contributed by atoms with Crippen LogP contribution in [0.2, 0.25) is 0 Å². The van der Waals surface area contributed by atoms with Gasteiger partial charge < -0.3 is 14.5 Å². The lowest BCUT2D eigenvalue weighted by atomic mass is 10.1. The molecule has 5 heteroatoms. The maximum atomic E-state index is 12.8. The van der Waals surface area contributed by atoms with Crippen molar-refractivity contribution < 1.29 is 14.3 Å². The molecule has 2 amide bonds. The highest BCUT2D eigenvalue weighted by Gasteiger charge is 2.26. The number of carbonyl (C=O) groups is 2. The molecular weight excluding hydrogens is 328 g/mol. The van der Waals surface area contributed by atoms with Gasteiger partial charge in [0.15, 0.2) is 0 Å². The van der Waals surface area contributed by atoms with E-state index >= 15 is 0 Å². The van der Waals surface area contributed by atoms with E-state index in [1.165, 1.54) is 0 Å². The van der Waals surface area contributed by atoms with Crippen LogP contribution in [0.5, 0.6) is 0 Å². The van der Waals surface area contributed by atoms with Gasteiger partial charge >= 0.3 is 0 Å². The zero-order valence-electron chi connectivity index (χ0n) is 15.3. The summed E-state index contributed by atoms with van der Waals surface area (Å²) in [5.41, 5.74) is 1.11. The van der Waals surface area contributed by atoms with Crippen LogP contribution in [0.4, 0.5) is 0 Å². The van der Waals surface area contributed by atoms with Crippen molar-refractivity contribution in [3.05, 3.63) is 42.0 Å². The first-order valence-electron chi connectivity index (χ1n) is 9.61. The van der Waals surface area contributed by atoms with E-state index in [2.05, 4.69) is 0 Å². The Bertz CT molecular complexity index is 623. The molecule has 0 spiro atoms. The number of piperidine rings is 1. The van der Waals surface area contributed by atoms with Crippen LogP contribution in [0.3, 0.4) is 0 Å². The van der Waals surface area contributed by atoms with Gasteiger partial charge in [0.25, 0.3) is 0 Å². The molecule has 0 N–H and O–H groups in total. The van der Waals surface area contributed by atoms with Crippen molar-refractivity contribution in [3.8, 4) is 0 Å². The number of amides is 2. The fourth-order valence-corrected chi connectivity index (χ4v) is 3.48. The molecular formula is C21H28N2O3. The minimum absolute atomic E-state index is 0.00783. The minimum atomic E-state index is 0.00783. The molecule has 140 valence electrons. The smallest absolute Gasteiger partial charge is 0.242 e. The molecule has 1 aromatic carbocycles. The quantitative estimate of drug-likeness (QED) is 0.755. The first-order valence-corrected chi connectivity index (χ1v) is 9.61. The summed E-state index contributed by atoms with van der Waals surface area (Å²) in [5.74, 6) is 0.106. The Morgan fingerprint density at radius 3 is 2.81 bits per heavy atom. The largest absolute Gasteiger partial charge is 0.376 e. The van der Waals surface area contributed by atoms with Crippen LogP contribution in [0, 0.1) is 0 Å². The third-order valence-electron chi connectivity index (χ3n) is 4.98. The predicted molar refractivity (Wildman–Crippen MR) is 101 cm³/mol. The average Bonchev–Trinajstić information content (AvgIpc) is 3.17. The van der Waals surface area contributed by atoms with E-state index in [0.29, 0.717) is 26.1 Å². The van der Waals surface area contributed by atoms with Gasteiger partial charge in [-0.05, 0) is 31.2 Å². The Morgan fingerprint density at radius 1 is 1.23 bits per heavy atom. The first-order chi connectivity index (χ1) is 12.7. The SMILES string of the molecule is O=C1CCCCN1CC(=O)N(CC=Cc1ccccc1)CC1CCCO1. The van der Waals surface area contributed by atoms with Gasteiger partial charge in [0, 0.05) is 32.7 Å². The Hall–Kier alpha value is -2.14. The fraction of sp³-hybridized carbons (Fsp3) is 0.524. The minimum Gasteiger partial charge on any atom is -0.376 e. The number of benzene rings is 1. The molecule has 1 aromatic rings. The van der Waals surface area contributed by atoms with Gasteiger partial charge in [-0.15, -0.1) is 0 Å². The molecule has 2 fully saturated rings. The molecule has 1 atom stereocenters. The van der Waals surface area contributed by atoms with Crippen LogP contribution in [-0.2, 0) is 14.3 Å². The third-order valence-corrected chi connectivity index (χ3v) is 4.98. The standard InChI is InChI=1S/C21H28N2O3/c24-20-12-4-5-13-23(20)17-21(25)22(16-19-11-7-15-26-19)14-6-10-18-8-2-1-3-9-18/h1-3,6,8-10,19H,4-5,7,11-17H2. The number of carbonyl (C=O) groups excluding carboxylic acids is 2. The van der Waals surface area contributed by atoms with Crippen LogP contribution in [0.25, 0.3) is 6.08 Å². The lowest BCUT2D eigenvalue weighted by Gasteiger charge is -2.30. The average molecular weight is 356 g/mol. The Balaban J connectivity index is 1.60. The summed E-state index contributed by atoms with van der Waals surface area (Å²) in [6, 6.07) is 10.1. The lowest BCUT2D eigenvalue weighted by Crippen LogP contribution is -2.46. The topological polar surface area (TPSA) is 49.9 Å². The second kappa shape index (κ2) is 9.53. The van der Waals surface area contributed by atoms with E-state index in [1.807, 2.05) is 47.4 Å². The monoisotopic (exact) mass is 356 g/mol. The van der Waals surface area contributed by atoms with Gasteiger partial charge in [-0.25, -0.2) is 0 Å². The Kier molecular flexibility index (Phi) is 6.83. The summed E-state index contributed by atoms with van der Waals surface area (Å²) in [5, 5.41) is 0. The predicted octanol–water partition coefficient (Wildman–Crippen LogP) is 2.72. The molecule has 2 aliphatic rings. The molecule has 2 saturated heterocycles. The van der Waals surface area contributed by atoms with Crippen LogP contribution < -0.4 is 0 Å². The van der Waals surface area contributed by atoms with Gasteiger partial charge in [0.1, 0.15) is 0 Å². The van der Waals surface area contributed by atoms with Crippen LogP contribution in [0.1, 0.15) is 37.7 Å². The summed E-state index contributed by atoms with van der Waals surface area (Å²) in [4.78, 5) is 28.4. The van der Waals surface area contributed by atoms with Gasteiger partial charge in [0.2, 0.25) is 11.8 Å². The van der Waals surface area contributed by atoms with Crippen LogP contribution in [-0.4, -0.2) is 60.5 Å². The van der Waals surface area contributed by atoms with Crippen molar-refractivity contribution in [2.45, 2.75) is 38.2 Å². The Labute approximate surface area is 155 Å². The molecule has 26 heavy (non-hydrogen) atoms. The Morgan fingerprint density at radius 2 is 2.08 bits per heavy atom. The van der Waals surface area contributed by atoms with Gasteiger partial charge in [-0.1, -0.05) is 42.5 Å². The van der Waals surface area contributed by atoms with Crippen molar-refractivity contribution in [2.75, 3.05) is 32.8 Å². The van der Waals surface area contributed by atoms with E-state index in [-0.39, 0.29) is 24.5 Å². The summed E-state index contributed by atoms with van der Waals surface area (Å²) in [6.45, 7) is 2.79. The fourth-order valence-electron chi connectivity index (χ4n) is 3.48. The maximum absolute atomic E-state index is 12.8. The number of hydrogen-bond acceptors (Lipinski definition) is 3. The molecule has 3 rings (SSSR count). The molecule has 0 aliphatic carbocycles. The summed E-state index contributed by atoms with van der Waals surface area (Å²) < 4.78 is 5.71. The van der Waals surface area contributed by atoms with Crippen molar-refractivity contribution in [2.24, 2.45) is 0 Å². The molecule has 5 nitrogen and oxygen atoms in total. The second-order valence-corrected chi connectivity index (χ2v) is 7.02. The van der Waals surface area contributed by atoms with E-state index < -0.39 is 0 Å². The highest BCUT2D eigenvalue weighted by molar-refractivity contribution is 5.85. The van der Waals surface area contributed by atoms with Crippen molar-refractivity contribution in [1.82, 2.24) is 9.80 Å². The normalized spacial score (nSPS) is 20.7. The van der Waals surface area contributed by atoms with E-state index in [0.717, 1.165) is 37.9 Å². The first kappa shape index (κ1) is 18.6. The van der Waals surface area contributed by atoms with Crippen molar-refractivity contribution in [1.29, 1.82) is 0 Å². The van der Waals surface area contributed by atoms with Crippen LogP contribution in [0.15, 0.2) is 36.4 Å². The number of hydrogen-bond donors (Lipinski definition) is 0. The highest BCUT2D eigenvalue weighted by Crippen LogP contribution is 2.15. The van der Waals surface area contributed by atoms with Crippen molar-refractivity contribution in [3.63, 3.8) is 0 Å². The molecule has 2 aliphatic heterocycles. The highest BCUT2D eigenvalue weighted by atomic mass is 16.5. The molecule has 1 unspecified atom stereocenters. The number of rotatable bonds is 7. The number of likely N-dealkylation sites (tertiary alicyclic amines) is 1. The van der Waals surface area contributed by atoms with Gasteiger partial charge in [-0.2, -0.15) is 0 Å². The molecule has 0 radical (unpaired) electrons. The maximum Gasteiger partial charge on any atom is 0.242 e. The van der Waals surface area contributed by atoms with Crippen molar-refractivity contribution >= 4 is 17.9 Å².